The molecule has 0 spiro atoms. The van der Waals surface area contributed by atoms with Crippen LogP contribution in [0, 0.1) is 206 Å². The maximum atomic E-state index is 14.5. The van der Waals surface area contributed by atoms with Crippen LogP contribution >= 0.6 is 0 Å². The Bertz CT molecular complexity index is 5620. The fourth-order valence-electron chi connectivity index (χ4n) is 37.9. The van der Waals surface area contributed by atoms with E-state index in [-0.39, 0.29) is 114 Å². The number of carbonyl (C=O) groups excluding carboxylic acids is 4. The van der Waals surface area contributed by atoms with Gasteiger partial charge in [0.05, 0.1) is 85.4 Å². The van der Waals surface area contributed by atoms with Gasteiger partial charge in [-0.2, -0.15) is 20.1 Å². The molecular weight excluding hydrogens is 1800 g/mol. The second kappa shape index (κ2) is 40.3. The number of rotatable bonds is 24. The summed E-state index contributed by atoms with van der Waals surface area (Å²) in [5.41, 5.74) is 3.26. The first-order valence-corrected chi connectivity index (χ1v) is 56.9. The number of ketones is 4. The van der Waals surface area contributed by atoms with Crippen molar-refractivity contribution in [3.05, 3.63) is 82.9 Å². The molecule has 0 saturated heterocycles. The Kier molecular flexibility index (Phi) is 29.6. The van der Waals surface area contributed by atoms with Gasteiger partial charge in [-0.05, 0) is 474 Å². The highest BCUT2D eigenvalue weighted by molar-refractivity contribution is 5.86. The molecule has 22 nitrogen and oxygen atoms in total. The number of terminal acetylenes is 1. The molecule has 4 aromatic heterocycles. The van der Waals surface area contributed by atoms with Gasteiger partial charge in [0.15, 0.2) is 34.8 Å². The van der Waals surface area contributed by atoms with Gasteiger partial charge in [-0.1, -0.05) is 51.0 Å². The minimum Gasteiger partial charge on any atom is -0.390 e. The van der Waals surface area contributed by atoms with E-state index in [2.05, 4.69) is 92.0 Å². The monoisotopic (exact) mass is 1970 g/mol. The van der Waals surface area contributed by atoms with E-state index in [9.17, 15) is 48.4 Å². The molecule has 32 atom stereocenters. The second-order valence-corrected chi connectivity index (χ2v) is 52.3. The Morgan fingerprint density at radius 3 is 1.07 bits per heavy atom. The molecule has 4 heterocycles. The number of Topliss-reactive ketones (excluding diaryl/α,β-unsaturated/α-hetero) is 4. The number of fused-ring (bicyclic) bond motifs is 22. The third-order valence-electron chi connectivity index (χ3n) is 44.8. The summed E-state index contributed by atoms with van der Waals surface area (Å²) in [7, 11) is 0. The number of halogens is 2. The van der Waals surface area contributed by atoms with Gasteiger partial charge in [0, 0.05) is 62.5 Å². The van der Waals surface area contributed by atoms with Crippen molar-refractivity contribution in [1.29, 1.82) is 0 Å². The summed E-state index contributed by atoms with van der Waals surface area (Å²) in [6, 6.07) is 7.04. The van der Waals surface area contributed by atoms with Crippen LogP contribution in [0.5, 0.6) is 0 Å². The van der Waals surface area contributed by atoms with Crippen LogP contribution in [-0.4, -0.2) is 168 Å². The third kappa shape index (κ3) is 19.0. The molecule has 16 saturated carbocycles. The molecule has 0 radical (unpaired) electrons. The zero-order valence-corrected chi connectivity index (χ0v) is 89.5. The van der Waals surface area contributed by atoms with Crippen LogP contribution < -0.4 is 0 Å². The lowest BCUT2D eigenvalue weighted by molar-refractivity contribution is -0.178. The first kappa shape index (κ1) is 105. The number of aromatic nitrogens is 10. The van der Waals surface area contributed by atoms with Gasteiger partial charge < -0.3 is 39.4 Å². The minimum absolute atomic E-state index is 0.00167. The lowest BCUT2D eigenvalue weighted by atomic mass is 9.43. The summed E-state index contributed by atoms with van der Waals surface area (Å²) < 4.78 is 58.9. The topological polar surface area (TPSA) is 283 Å². The number of benzene rings is 2. The van der Waals surface area contributed by atoms with Crippen LogP contribution in [-0.2, 0) is 64.3 Å². The largest absolute Gasteiger partial charge is 0.390 e. The maximum absolute atomic E-state index is 14.5. The molecule has 0 unspecified atom stereocenters. The van der Waals surface area contributed by atoms with Gasteiger partial charge in [0.1, 0.15) is 29.6 Å². The van der Waals surface area contributed by atoms with Crippen molar-refractivity contribution in [3.8, 4) is 12.3 Å². The molecule has 143 heavy (non-hydrogen) atoms. The van der Waals surface area contributed by atoms with E-state index >= 15 is 0 Å². The molecule has 0 amide bonds. The molecule has 0 bridgehead atoms. The average molecular weight is 1970 g/mol. The molecule has 6 aromatic rings. The van der Waals surface area contributed by atoms with Crippen molar-refractivity contribution < 1.29 is 67.3 Å². The van der Waals surface area contributed by atoms with Gasteiger partial charge in [-0.15, -0.1) is 16.6 Å². The van der Waals surface area contributed by atoms with E-state index in [0.717, 1.165) is 237 Å². The zero-order valence-electron chi connectivity index (χ0n) is 89.5. The van der Waals surface area contributed by atoms with Gasteiger partial charge in [0.25, 0.3) is 0 Å². The van der Waals surface area contributed by atoms with Crippen LogP contribution in [0.2, 0.25) is 0 Å². The van der Waals surface area contributed by atoms with E-state index in [0.29, 0.717) is 142 Å². The first-order valence-electron chi connectivity index (χ1n) is 56.9. The number of nitrogens with zero attached hydrogens (tertiary/aromatic N) is 10. The summed E-state index contributed by atoms with van der Waals surface area (Å²) in [6.07, 6.45) is 51.3. The van der Waals surface area contributed by atoms with Crippen LogP contribution in [0.15, 0.2) is 49.1 Å². The fourth-order valence-corrected chi connectivity index (χ4v) is 37.9. The van der Waals surface area contributed by atoms with Crippen molar-refractivity contribution in [2.24, 2.45) is 162 Å². The average Bonchev–Trinajstić information content (AvgIpc) is 1.66. The normalized spacial score (nSPS) is 42.2. The summed E-state index contributed by atoms with van der Waals surface area (Å²) in [5, 5.41) is 69.3. The van der Waals surface area contributed by atoms with Crippen molar-refractivity contribution >= 4 is 45.2 Å². The predicted molar refractivity (Wildman–Crippen MR) is 548 cm³/mol. The number of carbonyl (C=O) groups is 4. The van der Waals surface area contributed by atoms with Crippen LogP contribution in [0.25, 0.3) is 22.1 Å². The lowest BCUT2D eigenvalue weighted by Gasteiger charge is -2.62. The van der Waals surface area contributed by atoms with Crippen LogP contribution in [0.4, 0.5) is 8.78 Å². The van der Waals surface area contributed by atoms with Crippen molar-refractivity contribution in [2.75, 3.05) is 52.9 Å². The Balaban J connectivity index is 0.000000121. The molecule has 2 aromatic carbocycles. The number of ether oxygens (including phenoxy) is 4. The third-order valence-corrected chi connectivity index (χ3v) is 44.8. The molecule has 16 aliphatic carbocycles. The number of hydrogen-bond acceptors (Lipinski definition) is 18. The van der Waals surface area contributed by atoms with Gasteiger partial charge in [0.2, 0.25) is 0 Å². The van der Waals surface area contributed by atoms with Gasteiger partial charge in [-0.25, -0.2) is 13.5 Å². The molecule has 786 valence electrons. The van der Waals surface area contributed by atoms with Gasteiger partial charge in [-0.3, -0.25) is 28.5 Å². The Hall–Kier alpha value is -6.56. The number of aliphatic hydroxyl groups is 4. The van der Waals surface area contributed by atoms with Crippen LogP contribution in [0.1, 0.15) is 336 Å². The molecule has 16 aliphatic rings. The van der Waals surface area contributed by atoms with E-state index in [1.54, 1.807) is 53.8 Å². The van der Waals surface area contributed by atoms with Crippen molar-refractivity contribution in [3.63, 3.8) is 0 Å². The van der Waals surface area contributed by atoms with Crippen LogP contribution in [0.3, 0.4) is 0 Å². The molecule has 24 heteroatoms. The van der Waals surface area contributed by atoms with E-state index < -0.39 is 22.4 Å². The minimum atomic E-state index is -0.561. The summed E-state index contributed by atoms with van der Waals surface area (Å²) in [6.45, 7) is 38.9. The zero-order chi connectivity index (χ0) is 101. The smallest absolute Gasteiger partial charge is 0.159 e. The molecule has 16 fully saturated rings. The van der Waals surface area contributed by atoms with Crippen molar-refractivity contribution in [1.82, 2.24) is 49.5 Å². The standard InChI is InChI=1S/2C31H44FN3O3.C29H42N2O3.C28H44N2O3/c1-5-38-18-31-15-14-29(3,37)16-20(31)7-8-21-22-9-10-24(30(22,4)13-12-23(21)31)26(36)17-35-25-11-6-19(2)27(32)28(25)33-34-35;1-5-38-18-31-15-14-29(3,37)16-20(31)7-8-21-22-9-10-24(30(22,4)13-12-23(21)31)26(36)17-35-33-25-11-6-19(2)27(32)28(25)34-35;1-5-20-16-30-31(17-20)18-26(32)25-10-9-23-22-8-7-21-15-27(3,33)13-14-29(21,19-34-6-2)24(22)11-12-28(23,25)4;1-5-33-18-28-13-12-26(3,32)14-20(28)6-7-21-22-8-9-24(27(22,4)11-10-23(21)28)25(31)17-30-16-19(2)15-29-30/h2*6,11,20-24,37H,5,7-10,12-18H2,1-4H3;1,16-17,21-25,33H,6-15,18-19H2,2-4H3;15-16,20-24,32H,5-14,17-18H2,1-4H3/t2*20-,21-,22-,23-,24+,29+,30-,31+;21-,22+,23+,24+,25-,27-,28+,29-;20-,21-,22-,23-,24+,26+,27-,28+/m0010/s1. The highest BCUT2D eigenvalue weighted by Crippen LogP contribution is 2.74. The summed E-state index contributed by atoms with van der Waals surface area (Å²) >= 11 is 0. The fraction of sp³-hybridized carbons (Fsp3) is 0.798. The Morgan fingerprint density at radius 1 is 0.392 bits per heavy atom. The Labute approximate surface area is 850 Å². The number of hydrogen-bond donors (Lipinski definition) is 4. The summed E-state index contributed by atoms with van der Waals surface area (Å²) in [5.74, 6) is 13.0. The Morgan fingerprint density at radius 2 is 0.727 bits per heavy atom. The van der Waals surface area contributed by atoms with E-state index in [1.807, 2.05) is 57.8 Å². The highest BCUT2D eigenvalue weighted by atomic mass is 19.1. The second-order valence-electron chi connectivity index (χ2n) is 52.3. The molecule has 4 N–H and O–H groups in total. The first-order chi connectivity index (χ1) is 68.1. The van der Waals surface area contributed by atoms with Crippen molar-refractivity contribution in [2.45, 2.75) is 384 Å². The quantitative estimate of drug-likeness (QED) is 0.0410. The van der Waals surface area contributed by atoms with E-state index in [1.165, 1.54) is 62.6 Å². The summed E-state index contributed by atoms with van der Waals surface area (Å²) in [4.78, 5) is 55.9. The highest BCUT2D eigenvalue weighted by Gasteiger charge is 2.70. The SMILES string of the molecule is C#Cc1cnn(CC(=O)[C@H]2CC[C@H]3[C@@H]4CC[C@@H]5C[C@](C)(O)CC[C@]5(COCC)[C@H]4CC[C@]23C)c1.CCOC[C@]12CC[C@@](C)(O)C[C@@H]1CC[C@H]1[C@@H]3CC[C@H](C(=O)Cn4cc(C)cn4)[C@@]3(C)CC[C@@H]12.CCOC[C@]12CC[C@@](C)(O)C[C@@H]1CC[C@H]1[C@@H]3CC[C@H](C(=O)Cn4nc5ccc(C)c(F)c5n4)[C@@]3(C)CC[C@@H]12.CCOC[C@]12CC[C@@](C)(O)C[C@@H]1CC[C@H]1[C@@H]3CC[C@H](C(=O)Cn4nnc5c(F)c(C)ccc54)[C@@]3(C)CC[C@@H]12. The molecule has 0 aliphatic heterocycles. The maximum Gasteiger partial charge on any atom is 0.159 e. The number of aryl methyl sites for hydroxylation is 3. The van der Waals surface area contributed by atoms with Gasteiger partial charge >= 0.3 is 0 Å². The predicted octanol–water partition coefficient (Wildman–Crippen LogP) is 21.8. The lowest BCUT2D eigenvalue weighted by Crippen LogP contribution is -2.58. The molecular formula is C119H174F2N10O12. The molecule has 22 rings (SSSR count). The van der Waals surface area contributed by atoms with E-state index in [4.69, 9.17) is 25.4 Å².